The van der Waals surface area contributed by atoms with E-state index in [0.29, 0.717) is 11.6 Å². The van der Waals surface area contributed by atoms with Crippen LogP contribution in [0.4, 0.5) is 11.4 Å². The lowest BCUT2D eigenvalue weighted by Gasteiger charge is -2.24. The number of nitrogens with zero attached hydrogens (tertiary/aromatic N) is 1. The van der Waals surface area contributed by atoms with Gasteiger partial charge in [0.05, 0.1) is 28.1 Å². The van der Waals surface area contributed by atoms with E-state index in [-0.39, 0.29) is 6.04 Å². The maximum absolute atomic E-state index is 5.97. The highest BCUT2D eigenvalue weighted by atomic mass is 79.9. The van der Waals surface area contributed by atoms with Gasteiger partial charge in [-0.15, -0.1) is 11.3 Å². The fraction of sp³-hybridized carbons (Fsp3) is 0.308. The van der Waals surface area contributed by atoms with Crippen LogP contribution in [0.1, 0.15) is 24.8 Å². The third-order valence-corrected chi connectivity index (χ3v) is 4.30. The quantitative estimate of drug-likeness (QED) is 0.881. The first-order valence-electron chi connectivity index (χ1n) is 5.78. The van der Waals surface area contributed by atoms with E-state index in [1.807, 2.05) is 0 Å². The molecule has 0 aliphatic heterocycles. The predicted molar refractivity (Wildman–Crippen MR) is 81.9 cm³/mol. The minimum Gasteiger partial charge on any atom is -0.396 e. The number of halogens is 1. The van der Waals surface area contributed by atoms with E-state index < -0.39 is 0 Å². The minimum absolute atomic E-state index is 0.256. The number of nitrogens with two attached hydrogens (primary N) is 1. The highest BCUT2D eigenvalue weighted by Crippen LogP contribution is 2.35. The molecule has 0 aliphatic carbocycles. The van der Waals surface area contributed by atoms with Crippen LogP contribution in [0.25, 0.3) is 0 Å². The molecule has 96 valence electrons. The Balaban J connectivity index is 2.30. The van der Waals surface area contributed by atoms with Crippen LogP contribution in [-0.2, 0) is 0 Å². The van der Waals surface area contributed by atoms with Crippen molar-refractivity contribution in [3.63, 3.8) is 0 Å². The first kappa shape index (κ1) is 13.4. The van der Waals surface area contributed by atoms with Gasteiger partial charge in [0.25, 0.3) is 0 Å². The van der Waals surface area contributed by atoms with Crippen LogP contribution >= 0.6 is 27.3 Å². The van der Waals surface area contributed by atoms with Gasteiger partial charge < -0.3 is 11.1 Å². The largest absolute Gasteiger partial charge is 0.396 e. The molecular weight excluding hydrogens is 310 g/mol. The Hall–Kier alpha value is -1.07. The molecular formula is C13H16BrN3S. The maximum atomic E-state index is 5.97. The Bertz CT molecular complexity index is 491. The van der Waals surface area contributed by atoms with Crippen molar-refractivity contribution in [3.8, 4) is 0 Å². The summed E-state index contributed by atoms with van der Waals surface area (Å²) in [6, 6.07) is 4.47. The monoisotopic (exact) mass is 325 g/mol. The van der Waals surface area contributed by atoms with E-state index in [2.05, 4.69) is 57.6 Å². The summed E-state index contributed by atoms with van der Waals surface area (Å²) in [5.74, 6) is 0.475. The summed E-state index contributed by atoms with van der Waals surface area (Å²) in [5.41, 5.74) is 7.54. The standard InChI is InChI=1S/C13H16BrN3S/c1-8(2)12(11-4-3-5-18-11)17-13-9(14)6-16-7-10(13)15/h3-8,12H,15H2,1-2H3,(H,16,17). The Morgan fingerprint density at radius 2 is 2.17 bits per heavy atom. The summed E-state index contributed by atoms with van der Waals surface area (Å²) in [7, 11) is 0. The highest BCUT2D eigenvalue weighted by molar-refractivity contribution is 9.10. The lowest BCUT2D eigenvalue weighted by molar-refractivity contribution is 0.553. The molecule has 0 saturated heterocycles. The van der Waals surface area contributed by atoms with Crippen LogP contribution in [0.5, 0.6) is 0 Å². The molecule has 3 nitrogen and oxygen atoms in total. The minimum atomic E-state index is 0.256. The van der Waals surface area contributed by atoms with E-state index in [1.165, 1.54) is 4.88 Å². The number of pyridine rings is 1. The molecule has 2 aromatic heterocycles. The summed E-state index contributed by atoms with van der Waals surface area (Å²) in [6.07, 6.45) is 3.42. The molecule has 2 rings (SSSR count). The van der Waals surface area contributed by atoms with Crippen molar-refractivity contribution in [2.45, 2.75) is 19.9 Å². The van der Waals surface area contributed by atoms with Gasteiger partial charge >= 0.3 is 0 Å². The number of nitrogen functional groups attached to an aromatic ring is 1. The predicted octanol–water partition coefficient (Wildman–Crippen LogP) is 4.30. The second-order valence-electron chi connectivity index (χ2n) is 4.47. The van der Waals surface area contributed by atoms with E-state index in [0.717, 1.165) is 10.2 Å². The summed E-state index contributed by atoms with van der Waals surface area (Å²) < 4.78 is 0.893. The molecule has 1 atom stereocenters. The molecule has 2 aromatic rings. The number of aromatic nitrogens is 1. The van der Waals surface area contributed by atoms with E-state index in [1.54, 1.807) is 23.7 Å². The molecule has 0 spiro atoms. The van der Waals surface area contributed by atoms with Gasteiger partial charge in [0.1, 0.15) is 0 Å². The van der Waals surface area contributed by atoms with Crippen molar-refractivity contribution in [1.29, 1.82) is 0 Å². The Kier molecular flexibility index (Phi) is 4.24. The zero-order valence-corrected chi connectivity index (χ0v) is 12.8. The normalized spacial score (nSPS) is 12.7. The van der Waals surface area contributed by atoms with Gasteiger partial charge in [-0.3, -0.25) is 4.98 Å². The number of hydrogen-bond acceptors (Lipinski definition) is 4. The molecule has 0 amide bonds. The zero-order valence-electron chi connectivity index (χ0n) is 10.4. The molecule has 0 radical (unpaired) electrons. The summed E-state index contributed by atoms with van der Waals surface area (Å²) >= 11 is 5.24. The smallest absolute Gasteiger partial charge is 0.0755 e. The summed E-state index contributed by atoms with van der Waals surface area (Å²) in [5, 5.41) is 5.61. The van der Waals surface area contributed by atoms with Crippen molar-refractivity contribution in [2.75, 3.05) is 11.1 Å². The molecule has 18 heavy (non-hydrogen) atoms. The average Bonchev–Trinajstić information content (AvgIpc) is 2.81. The van der Waals surface area contributed by atoms with E-state index in [4.69, 9.17) is 5.73 Å². The highest BCUT2D eigenvalue weighted by Gasteiger charge is 2.18. The topological polar surface area (TPSA) is 50.9 Å². The van der Waals surface area contributed by atoms with E-state index in [9.17, 15) is 0 Å². The molecule has 0 saturated carbocycles. The van der Waals surface area contributed by atoms with Crippen LogP contribution < -0.4 is 11.1 Å². The van der Waals surface area contributed by atoms with Crippen LogP contribution in [0.2, 0.25) is 0 Å². The second-order valence-corrected chi connectivity index (χ2v) is 6.30. The van der Waals surface area contributed by atoms with Gasteiger partial charge in [0, 0.05) is 11.1 Å². The zero-order chi connectivity index (χ0) is 13.1. The summed E-state index contributed by atoms with van der Waals surface area (Å²) in [4.78, 5) is 5.36. The van der Waals surface area contributed by atoms with E-state index >= 15 is 0 Å². The SMILES string of the molecule is CC(C)C(Nc1c(N)cncc1Br)c1cccs1. The molecule has 1 unspecified atom stereocenters. The van der Waals surface area contributed by atoms with Crippen molar-refractivity contribution >= 4 is 38.6 Å². The molecule has 0 bridgehead atoms. The number of nitrogens with one attached hydrogen (secondary N) is 1. The second kappa shape index (κ2) is 5.71. The first-order valence-corrected chi connectivity index (χ1v) is 7.45. The van der Waals surface area contributed by atoms with Gasteiger partial charge in [-0.25, -0.2) is 0 Å². The van der Waals surface area contributed by atoms with Gasteiger partial charge in [-0.2, -0.15) is 0 Å². The van der Waals surface area contributed by atoms with Crippen molar-refractivity contribution in [3.05, 3.63) is 39.3 Å². The third-order valence-electron chi connectivity index (χ3n) is 2.75. The third kappa shape index (κ3) is 2.84. The number of hydrogen-bond donors (Lipinski definition) is 2. The Labute approximate surface area is 120 Å². The number of thiophene rings is 1. The fourth-order valence-electron chi connectivity index (χ4n) is 1.79. The molecule has 0 aromatic carbocycles. The fourth-order valence-corrected chi connectivity index (χ4v) is 3.20. The molecule has 2 heterocycles. The van der Waals surface area contributed by atoms with Crippen LogP contribution in [-0.4, -0.2) is 4.98 Å². The first-order chi connectivity index (χ1) is 8.59. The molecule has 0 fully saturated rings. The van der Waals surface area contributed by atoms with Crippen molar-refractivity contribution < 1.29 is 0 Å². The number of anilines is 2. The Morgan fingerprint density at radius 1 is 1.39 bits per heavy atom. The summed E-state index contributed by atoms with van der Waals surface area (Å²) in [6.45, 7) is 4.39. The van der Waals surface area contributed by atoms with Gasteiger partial charge in [-0.1, -0.05) is 19.9 Å². The molecule has 0 aliphatic rings. The molecule has 3 N–H and O–H groups in total. The van der Waals surface area contributed by atoms with Crippen LogP contribution in [0, 0.1) is 5.92 Å². The lowest BCUT2D eigenvalue weighted by atomic mass is 10.0. The lowest BCUT2D eigenvalue weighted by Crippen LogP contribution is -2.17. The average molecular weight is 326 g/mol. The van der Waals surface area contributed by atoms with Crippen molar-refractivity contribution in [1.82, 2.24) is 4.98 Å². The molecule has 5 heteroatoms. The van der Waals surface area contributed by atoms with Gasteiger partial charge in [0.2, 0.25) is 0 Å². The maximum Gasteiger partial charge on any atom is 0.0755 e. The number of rotatable bonds is 4. The van der Waals surface area contributed by atoms with Crippen LogP contribution in [0.3, 0.4) is 0 Å². The van der Waals surface area contributed by atoms with Gasteiger partial charge in [-0.05, 0) is 33.3 Å². The van der Waals surface area contributed by atoms with Gasteiger partial charge in [0.15, 0.2) is 0 Å². The van der Waals surface area contributed by atoms with Crippen molar-refractivity contribution in [2.24, 2.45) is 5.92 Å². The van der Waals surface area contributed by atoms with Crippen LogP contribution in [0.15, 0.2) is 34.4 Å². The Morgan fingerprint density at radius 3 is 2.72 bits per heavy atom.